The van der Waals surface area contributed by atoms with E-state index in [4.69, 9.17) is 4.74 Å². The smallest absolute Gasteiger partial charge is 0.160 e. The van der Waals surface area contributed by atoms with Crippen molar-refractivity contribution in [3.8, 4) is 23.0 Å². The summed E-state index contributed by atoms with van der Waals surface area (Å²) >= 11 is 0. The Hall–Kier alpha value is -2.44. The maximum Gasteiger partial charge on any atom is 0.160 e. The van der Waals surface area contributed by atoms with Gasteiger partial charge < -0.3 is 30.3 Å². The topological polar surface area (TPSA) is 110 Å². The summed E-state index contributed by atoms with van der Waals surface area (Å²) in [5.41, 5.74) is 1.64. The Labute approximate surface area is 146 Å². The summed E-state index contributed by atoms with van der Waals surface area (Å²) in [7, 11) is 1.47. The molecule has 0 amide bonds. The van der Waals surface area contributed by atoms with Crippen LogP contribution in [0.3, 0.4) is 0 Å². The van der Waals surface area contributed by atoms with Crippen molar-refractivity contribution in [2.45, 2.75) is 12.8 Å². The maximum atomic E-state index is 9.77. The SMILES string of the molecule is COc1cc(C[C@@H](CO)[C@H](CO)Cc2ccc(O)c(O)c2)ccc1O. The third kappa shape index (κ3) is 4.78. The van der Waals surface area contributed by atoms with Gasteiger partial charge in [-0.15, -0.1) is 0 Å². The normalized spacial score (nSPS) is 13.4. The van der Waals surface area contributed by atoms with Crippen molar-refractivity contribution in [2.24, 2.45) is 11.8 Å². The van der Waals surface area contributed by atoms with Crippen molar-refractivity contribution in [2.75, 3.05) is 20.3 Å². The van der Waals surface area contributed by atoms with Crippen LogP contribution in [0.5, 0.6) is 23.0 Å². The summed E-state index contributed by atoms with van der Waals surface area (Å²) in [5.74, 6) is -0.440. The lowest BCUT2D eigenvalue weighted by atomic mass is 9.83. The highest BCUT2D eigenvalue weighted by Gasteiger charge is 2.22. The van der Waals surface area contributed by atoms with Gasteiger partial charge in [0.15, 0.2) is 23.0 Å². The van der Waals surface area contributed by atoms with Crippen LogP contribution in [-0.4, -0.2) is 45.9 Å². The monoisotopic (exact) mass is 348 g/mol. The molecule has 2 rings (SSSR count). The van der Waals surface area contributed by atoms with Crippen LogP contribution < -0.4 is 4.74 Å². The molecule has 0 fully saturated rings. The van der Waals surface area contributed by atoms with E-state index >= 15 is 0 Å². The highest BCUT2D eigenvalue weighted by molar-refractivity contribution is 5.42. The maximum absolute atomic E-state index is 9.77. The van der Waals surface area contributed by atoms with Gasteiger partial charge in [-0.25, -0.2) is 0 Å². The van der Waals surface area contributed by atoms with Crippen LogP contribution in [-0.2, 0) is 12.8 Å². The van der Waals surface area contributed by atoms with Crippen LogP contribution >= 0.6 is 0 Å². The summed E-state index contributed by atoms with van der Waals surface area (Å²) in [6.07, 6.45) is 0.952. The van der Waals surface area contributed by atoms with Crippen LogP contribution in [0.25, 0.3) is 0 Å². The second-order valence-corrected chi connectivity index (χ2v) is 6.12. The minimum absolute atomic E-state index is 0.0464. The van der Waals surface area contributed by atoms with Gasteiger partial charge in [-0.2, -0.15) is 0 Å². The van der Waals surface area contributed by atoms with Crippen LogP contribution in [0, 0.1) is 11.8 Å². The van der Waals surface area contributed by atoms with Gasteiger partial charge in [0.05, 0.1) is 7.11 Å². The van der Waals surface area contributed by atoms with Crippen LogP contribution in [0.2, 0.25) is 0 Å². The summed E-state index contributed by atoms with van der Waals surface area (Å²) in [6.45, 7) is -0.236. The quantitative estimate of drug-likeness (QED) is 0.466. The highest BCUT2D eigenvalue weighted by atomic mass is 16.5. The van der Waals surface area contributed by atoms with Gasteiger partial charge in [0, 0.05) is 13.2 Å². The van der Waals surface area contributed by atoms with E-state index in [2.05, 4.69) is 0 Å². The van der Waals surface area contributed by atoms with Crippen molar-refractivity contribution in [3.63, 3.8) is 0 Å². The lowest BCUT2D eigenvalue weighted by molar-refractivity contribution is 0.119. The van der Waals surface area contributed by atoms with Crippen LogP contribution in [0.1, 0.15) is 11.1 Å². The van der Waals surface area contributed by atoms with Crippen LogP contribution in [0.15, 0.2) is 36.4 Å². The number of aliphatic hydroxyl groups is 2. The van der Waals surface area contributed by atoms with E-state index in [1.807, 2.05) is 0 Å². The zero-order chi connectivity index (χ0) is 18.4. The zero-order valence-corrected chi connectivity index (χ0v) is 14.1. The van der Waals surface area contributed by atoms with E-state index in [1.165, 1.54) is 25.3 Å². The van der Waals surface area contributed by atoms with Gasteiger partial charge in [0.25, 0.3) is 0 Å². The summed E-state index contributed by atoms with van der Waals surface area (Å²) in [6, 6.07) is 9.53. The fourth-order valence-electron chi connectivity index (χ4n) is 2.91. The largest absolute Gasteiger partial charge is 0.504 e. The molecule has 0 aliphatic carbocycles. The molecule has 2 aromatic rings. The zero-order valence-electron chi connectivity index (χ0n) is 14.1. The Morgan fingerprint density at radius 3 is 1.76 bits per heavy atom. The Morgan fingerprint density at radius 2 is 1.28 bits per heavy atom. The second-order valence-electron chi connectivity index (χ2n) is 6.12. The molecule has 2 aromatic carbocycles. The summed E-state index contributed by atoms with van der Waals surface area (Å²) < 4.78 is 5.09. The lowest BCUT2D eigenvalue weighted by Crippen LogP contribution is -2.26. The summed E-state index contributed by atoms with van der Waals surface area (Å²) in [5, 5.41) is 48.2. The molecule has 0 saturated heterocycles. The van der Waals surface area contributed by atoms with Crippen LogP contribution in [0.4, 0.5) is 0 Å². The Balaban J connectivity index is 2.14. The molecule has 0 aromatic heterocycles. The standard InChI is InChI=1S/C19H24O6/c1-25-19-9-13(3-5-17(19)23)7-15(11-21)14(10-20)6-12-2-4-16(22)18(24)8-12/h2-5,8-9,14-15,20-24H,6-7,10-11H2,1H3/t14-,15-/m0/s1. The number of aliphatic hydroxyl groups excluding tert-OH is 2. The fraction of sp³-hybridized carbons (Fsp3) is 0.368. The predicted octanol–water partition coefficient (Wildman–Crippen LogP) is 1.81. The van der Waals surface area contributed by atoms with Gasteiger partial charge in [-0.3, -0.25) is 0 Å². The predicted molar refractivity (Wildman–Crippen MR) is 93.0 cm³/mol. The van der Waals surface area contributed by atoms with Crippen molar-refractivity contribution in [3.05, 3.63) is 47.5 Å². The molecule has 0 bridgehead atoms. The molecule has 0 aliphatic rings. The molecular weight excluding hydrogens is 324 g/mol. The number of aromatic hydroxyl groups is 3. The van der Waals surface area contributed by atoms with Crippen molar-refractivity contribution in [1.29, 1.82) is 0 Å². The first-order valence-electron chi connectivity index (χ1n) is 8.07. The molecule has 0 aliphatic heterocycles. The number of ether oxygens (including phenoxy) is 1. The molecule has 0 heterocycles. The fourth-order valence-corrected chi connectivity index (χ4v) is 2.91. The number of hydrogen-bond donors (Lipinski definition) is 5. The van der Waals surface area contributed by atoms with Crippen molar-refractivity contribution in [1.82, 2.24) is 0 Å². The molecule has 25 heavy (non-hydrogen) atoms. The number of methoxy groups -OCH3 is 1. The molecule has 2 atom stereocenters. The van der Waals surface area contributed by atoms with E-state index in [1.54, 1.807) is 18.2 Å². The second kappa shape index (κ2) is 8.60. The third-order valence-corrected chi connectivity index (χ3v) is 4.42. The molecule has 0 unspecified atom stereocenters. The summed E-state index contributed by atoms with van der Waals surface area (Å²) in [4.78, 5) is 0. The Kier molecular flexibility index (Phi) is 6.50. The minimum Gasteiger partial charge on any atom is -0.504 e. The van der Waals surface area contributed by atoms with E-state index in [0.717, 1.165) is 11.1 Å². The number of rotatable bonds is 8. The van der Waals surface area contributed by atoms with Gasteiger partial charge >= 0.3 is 0 Å². The molecule has 0 spiro atoms. The van der Waals surface area contributed by atoms with E-state index in [0.29, 0.717) is 18.6 Å². The van der Waals surface area contributed by atoms with Gasteiger partial charge in [-0.05, 0) is 60.1 Å². The molecule has 6 heteroatoms. The highest BCUT2D eigenvalue weighted by Crippen LogP contribution is 2.30. The van der Waals surface area contributed by atoms with Crippen molar-refractivity contribution < 1.29 is 30.3 Å². The van der Waals surface area contributed by atoms with E-state index in [-0.39, 0.29) is 42.3 Å². The molecule has 6 nitrogen and oxygen atoms in total. The number of phenolic OH excluding ortho intramolecular Hbond substituents is 3. The van der Waals surface area contributed by atoms with E-state index in [9.17, 15) is 25.5 Å². The average Bonchev–Trinajstić information content (AvgIpc) is 2.62. The Morgan fingerprint density at radius 1 is 0.760 bits per heavy atom. The Bertz CT molecular complexity index is 700. The molecule has 5 N–H and O–H groups in total. The number of benzene rings is 2. The minimum atomic E-state index is -0.228. The van der Waals surface area contributed by atoms with Gasteiger partial charge in [0.2, 0.25) is 0 Å². The molecule has 0 radical (unpaired) electrons. The average molecular weight is 348 g/mol. The first-order valence-corrected chi connectivity index (χ1v) is 8.07. The van der Waals surface area contributed by atoms with Gasteiger partial charge in [0.1, 0.15) is 0 Å². The van der Waals surface area contributed by atoms with Gasteiger partial charge in [-0.1, -0.05) is 12.1 Å². The molecular formula is C19H24O6. The lowest BCUT2D eigenvalue weighted by Gasteiger charge is -2.24. The third-order valence-electron chi connectivity index (χ3n) is 4.42. The molecule has 0 saturated carbocycles. The number of phenols is 3. The molecule has 136 valence electrons. The number of hydrogen-bond acceptors (Lipinski definition) is 6. The van der Waals surface area contributed by atoms with Crippen molar-refractivity contribution >= 4 is 0 Å². The van der Waals surface area contributed by atoms with E-state index < -0.39 is 0 Å². The first-order chi connectivity index (χ1) is 12.0. The first kappa shape index (κ1) is 18.9.